The van der Waals surface area contributed by atoms with Gasteiger partial charge >= 0.3 is 5.97 Å². The number of carbonyl (C=O) groups excluding carboxylic acids is 3. The molecule has 43 heavy (non-hydrogen) atoms. The molecular weight excluding hydrogens is 564 g/mol. The van der Waals surface area contributed by atoms with Gasteiger partial charge in [-0.25, -0.2) is 0 Å². The number of aliphatic carboxylic acids is 1. The van der Waals surface area contributed by atoms with Crippen LogP contribution < -0.4 is 0 Å². The second-order valence-electron chi connectivity index (χ2n) is 11.8. The number of Topliss-reactive ketones (excluding diaryl/α,β-unsaturated/α-hetero) is 1. The van der Waals surface area contributed by atoms with Crippen LogP contribution in [0.15, 0.2) is 24.3 Å². The maximum Gasteiger partial charge on any atom is 0.306 e. The number of hydrogen-bond donors (Lipinski definition) is 5. The topological polar surface area (TPSA) is 197 Å². The molecule has 1 unspecified atom stereocenters. The van der Waals surface area contributed by atoms with Gasteiger partial charge < -0.3 is 39.7 Å². The number of phenolic OH excluding ortho intramolecular Hbond substituents is 2. The predicted octanol–water partition coefficient (Wildman–Crippen LogP) is 2.33. The molecule has 2 heterocycles. The number of hydrogen-bond acceptors (Lipinski definition) is 11. The Morgan fingerprint density at radius 2 is 1.63 bits per heavy atom. The predicted molar refractivity (Wildman–Crippen MR) is 147 cm³/mol. The summed E-state index contributed by atoms with van der Waals surface area (Å²) < 4.78 is 17.6. The highest BCUT2D eigenvalue weighted by Gasteiger charge is 2.42. The Kier molecular flexibility index (Phi) is 8.18. The zero-order valence-electron chi connectivity index (χ0n) is 23.9. The summed E-state index contributed by atoms with van der Waals surface area (Å²) >= 11 is 0. The fraction of sp³-hybridized carbons (Fsp3) is 0.484. The number of carboxylic acid groups (broad SMARTS) is 1. The van der Waals surface area contributed by atoms with Crippen LogP contribution in [0.3, 0.4) is 0 Å². The summed E-state index contributed by atoms with van der Waals surface area (Å²) in [6, 6.07) is 5.39. The van der Waals surface area contributed by atoms with Crippen LogP contribution in [0.5, 0.6) is 11.5 Å². The molecule has 5 rings (SSSR count). The van der Waals surface area contributed by atoms with Gasteiger partial charge in [0.15, 0.2) is 23.6 Å². The summed E-state index contributed by atoms with van der Waals surface area (Å²) in [5, 5.41) is 52.6. The molecule has 230 valence electrons. The molecule has 1 aliphatic carbocycles. The normalized spacial score (nSPS) is 28.6. The van der Waals surface area contributed by atoms with E-state index in [1.54, 1.807) is 13.8 Å². The van der Waals surface area contributed by atoms with Gasteiger partial charge in [0.05, 0.1) is 41.5 Å². The second kappa shape index (κ2) is 11.4. The Morgan fingerprint density at radius 3 is 2.23 bits per heavy atom. The van der Waals surface area contributed by atoms with Crippen molar-refractivity contribution in [3.05, 3.63) is 57.6 Å². The van der Waals surface area contributed by atoms with Crippen molar-refractivity contribution in [1.29, 1.82) is 0 Å². The fourth-order valence-electron chi connectivity index (χ4n) is 6.12. The van der Waals surface area contributed by atoms with E-state index < -0.39 is 77.9 Å². The van der Waals surface area contributed by atoms with E-state index in [4.69, 9.17) is 19.3 Å². The van der Waals surface area contributed by atoms with E-state index in [0.717, 1.165) is 0 Å². The van der Waals surface area contributed by atoms with Gasteiger partial charge in [0.1, 0.15) is 23.7 Å². The van der Waals surface area contributed by atoms with E-state index in [1.165, 1.54) is 31.2 Å². The van der Waals surface area contributed by atoms with E-state index in [1.807, 2.05) is 0 Å². The molecular formula is C31H34O12. The molecule has 5 N–H and O–H groups in total. The van der Waals surface area contributed by atoms with E-state index in [2.05, 4.69) is 0 Å². The zero-order valence-corrected chi connectivity index (χ0v) is 23.9. The van der Waals surface area contributed by atoms with Crippen molar-refractivity contribution in [2.24, 2.45) is 0 Å². The Morgan fingerprint density at radius 1 is 1.00 bits per heavy atom. The van der Waals surface area contributed by atoms with Crippen molar-refractivity contribution < 1.29 is 58.9 Å². The van der Waals surface area contributed by atoms with Crippen LogP contribution in [0.2, 0.25) is 0 Å². The maximum atomic E-state index is 13.6. The van der Waals surface area contributed by atoms with Crippen molar-refractivity contribution in [2.45, 2.75) is 95.3 Å². The number of ether oxygens (including phenoxy) is 3. The molecule has 2 saturated heterocycles. The highest BCUT2D eigenvalue weighted by Crippen LogP contribution is 2.44. The number of ketones is 3. The summed E-state index contributed by atoms with van der Waals surface area (Å²) in [6.45, 7) is 4.61. The molecule has 0 amide bonds. The second-order valence-corrected chi connectivity index (χ2v) is 11.8. The standard InChI is InChI=1S/C31H34O12/c1-13-19(32)8-9-23(42-13)43-30-14(2)41-21(10-20(30)33)16-6-7-18-25(27(16)37)29(39)17-5-4-15(26(36)24(17)28(18)38)11-31(3,40)12-22(34)35/h4-7,13-14,20-21,23,30,33,36-37,40H,8-12H2,1-3H3,(H,34,35)/t13-,14+,20+,21?,23-,30+,31+/m0/s1. The summed E-state index contributed by atoms with van der Waals surface area (Å²) in [5.41, 5.74) is -2.32. The van der Waals surface area contributed by atoms with Crippen LogP contribution in [0.25, 0.3) is 0 Å². The molecule has 0 saturated carbocycles. The molecule has 12 nitrogen and oxygen atoms in total. The Bertz CT molecular complexity index is 1480. The van der Waals surface area contributed by atoms with E-state index >= 15 is 0 Å². The van der Waals surface area contributed by atoms with Crippen LogP contribution in [-0.4, -0.2) is 85.2 Å². The number of aromatic hydroxyl groups is 2. The van der Waals surface area contributed by atoms with Gasteiger partial charge in [0, 0.05) is 42.4 Å². The number of carboxylic acids is 1. The fourth-order valence-corrected chi connectivity index (χ4v) is 6.12. The van der Waals surface area contributed by atoms with Gasteiger partial charge in [-0.3, -0.25) is 19.2 Å². The molecule has 0 aromatic heterocycles. The van der Waals surface area contributed by atoms with Gasteiger partial charge in [-0.1, -0.05) is 12.1 Å². The van der Waals surface area contributed by atoms with Crippen LogP contribution in [0, 0.1) is 0 Å². The Hall–Kier alpha value is -3.68. The number of phenols is 2. The highest BCUT2D eigenvalue weighted by molar-refractivity contribution is 6.30. The van der Waals surface area contributed by atoms with E-state index in [9.17, 15) is 39.6 Å². The molecule has 12 heteroatoms. The molecule has 2 aromatic rings. The van der Waals surface area contributed by atoms with Crippen LogP contribution in [-0.2, 0) is 30.2 Å². The zero-order chi connectivity index (χ0) is 31.4. The van der Waals surface area contributed by atoms with Crippen LogP contribution in [0.4, 0.5) is 0 Å². The Balaban J connectivity index is 1.38. The first kappa shape index (κ1) is 30.8. The van der Waals surface area contributed by atoms with Gasteiger partial charge in [-0.15, -0.1) is 0 Å². The van der Waals surface area contributed by atoms with Crippen LogP contribution in [0.1, 0.15) is 95.5 Å². The number of benzene rings is 2. The first-order valence-electron chi connectivity index (χ1n) is 14.1. The summed E-state index contributed by atoms with van der Waals surface area (Å²) in [4.78, 5) is 49.9. The molecule has 2 aliphatic heterocycles. The van der Waals surface area contributed by atoms with Gasteiger partial charge in [-0.05, 0) is 38.5 Å². The largest absolute Gasteiger partial charge is 0.507 e. The molecule has 0 bridgehead atoms. The summed E-state index contributed by atoms with van der Waals surface area (Å²) in [6.07, 6.45) is -4.84. The quantitative estimate of drug-likeness (QED) is 0.267. The number of carbonyl (C=O) groups is 4. The lowest BCUT2D eigenvalue weighted by Crippen LogP contribution is -2.49. The van der Waals surface area contributed by atoms with Gasteiger partial charge in [0.2, 0.25) is 0 Å². The first-order chi connectivity index (χ1) is 20.2. The minimum atomic E-state index is -1.73. The van der Waals surface area contributed by atoms with Crippen molar-refractivity contribution in [3.63, 3.8) is 0 Å². The lowest BCUT2D eigenvalue weighted by Gasteiger charge is -2.41. The molecule has 2 aromatic carbocycles. The SMILES string of the molecule is C[C@@H]1O[C@@H](O[C@H]2[C@H](O)CC(c3ccc4c(c3O)C(=O)c3ccc(C[C@@](C)(O)CC(=O)O)c(O)c3C4=O)O[C@@H]2C)CCC1=O. The molecule has 3 aliphatic rings. The molecule has 7 atom stereocenters. The number of aliphatic hydroxyl groups is 2. The summed E-state index contributed by atoms with van der Waals surface area (Å²) in [5.74, 6) is -3.74. The van der Waals surface area contributed by atoms with Crippen LogP contribution >= 0.6 is 0 Å². The summed E-state index contributed by atoms with van der Waals surface area (Å²) in [7, 11) is 0. The lowest BCUT2D eigenvalue weighted by molar-refractivity contribution is -0.263. The van der Waals surface area contributed by atoms with Crippen molar-refractivity contribution >= 4 is 23.3 Å². The molecule has 0 spiro atoms. The average Bonchev–Trinajstić information content (AvgIpc) is 2.91. The third-order valence-corrected chi connectivity index (χ3v) is 8.29. The minimum Gasteiger partial charge on any atom is -0.507 e. The van der Waals surface area contributed by atoms with E-state index in [-0.39, 0.29) is 52.0 Å². The number of aliphatic hydroxyl groups excluding tert-OH is 1. The minimum absolute atomic E-state index is 0.00169. The van der Waals surface area contributed by atoms with Crippen molar-refractivity contribution in [3.8, 4) is 11.5 Å². The first-order valence-corrected chi connectivity index (χ1v) is 14.1. The number of fused-ring (bicyclic) bond motifs is 2. The Labute approximate surface area is 246 Å². The third-order valence-electron chi connectivity index (χ3n) is 8.29. The lowest BCUT2D eigenvalue weighted by atomic mass is 9.79. The van der Waals surface area contributed by atoms with Gasteiger partial charge in [0.25, 0.3) is 0 Å². The van der Waals surface area contributed by atoms with Crippen molar-refractivity contribution in [1.82, 2.24) is 0 Å². The highest BCUT2D eigenvalue weighted by atomic mass is 16.7. The molecule has 0 radical (unpaired) electrons. The monoisotopic (exact) mass is 598 g/mol. The number of rotatable bonds is 7. The smallest absolute Gasteiger partial charge is 0.306 e. The third kappa shape index (κ3) is 5.80. The van der Waals surface area contributed by atoms with Gasteiger partial charge in [-0.2, -0.15) is 0 Å². The average molecular weight is 599 g/mol. The maximum absolute atomic E-state index is 13.6. The van der Waals surface area contributed by atoms with Crippen molar-refractivity contribution in [2.75, 3.05) is 0 Å². The molecule has 2 fully saturated rings. The van der Waals surface area contributed by atoms with E-state index in [0.29, 0.717) is 12.8 Å².